The van der Waals surface area contributed by atoms with E-state index in [0.29, 0.717) is 11.5 Å². The number of aromatic nitrogens is 2. The van der Waals surface area contributed by atoms with Crippen LogP contribution in [0, 0.1) is 0 Å². The van der Waals surface area contributed by atoms with Crippen LogP contribution in [0.1, 0.15) is 53.1 Å². The van der Waals surface area contributed by atoms with Crippen LogP contribution in [0.5, 0.6) is 5.75 Å². The first-order valence-electron chi connectivity index (χ1n) is 11.8. The highest BCUT2D eigenvalue weighted by molar-refractivity contribution is 5.94. The number of rotatable bonds is 8. The number of methoxy groups -OCH3 is 1. The summed E-state index contributed by atoms with van der Waals surface area (Å²) in [5, 5.41) is 11.7. The lowest BCUT2D eigenvalue weighted by Gasteiger charge is -2.32. The van der Waals surface area contributed by atoms with Crippen LogP contribution in [0.15, 0.2) is 48.8 Å². The van der Waals surface area contributed by atoms with Gasteiger partial charge in [0.2, 0.25) is 0 Å². The molecule has 0 amide bonds. The third-order valence-corrected chi connectivity index (χ3v) is 7.13. The summed E-state index contributed by atoms with van der Waals surface area (Å²) in [6, 6.07) is 11.6. The van der Waals surface area contributed by atoms with E-state index in [-0.39, 0.29) is 0 Å². The molecule has 0 saturated carbocycles. The smallest absolute Gasteiger partial charge is 0.335 e. The van der Waals surface area contributed by atoms with E-state index in [1.807, 2.05) is 18.2 Å². The standard InChI is InChI=1S/C27H31N3O3/c1-33-21-6-8-25-22(15-21)20(16-28-25)4-2-3-11-30-12-9-18(10-13-30)24-17-29-26-7-5-19(27(31)32)14-23(24)26/h5-8,14-18,28-29H,2-4,9-13H2,1H3,(H,31,32). The van der Waals surface area contributed by atoms with Crippen molar-refractivity contribution in [2.24, 2.45) is 0 Å². The van der Waals surface area contributed by atoms with Gasteiger partial charge in [-0.3, -0.25) is 0 Å². The average molecular weight is 446 g/mol. The van der Waals surface area contributed by atoms with E-state index >= 15 is 0 Å². The van der Waals surface area contributed by atoms with E-state index in [1.165, 1.54) is 34.9 Å². The molecule has 1 saturated heterocycles. The zero-order valence-corrected chi connectivity index (χ0v) is 19.1. The first kappa shape index (κ1) is 21.6. The highest BCUT2D eigenvalue weighted by Crippen LogP contribution is 2.34. The predicted octanol–water partition coefficient (Wildman–Crippen LogP) is 5.56. The summed E-state index contributed by atoms with van der Waals surface area (Å²) in [6.45, 7) is 3.33. The maximum Gasteiger partial charge on any atom is 0.335 e. The Balaban J connectivity index is 1.12. The van der Waals surface area contributed by atoms with Gasteiger partial charge in [-0.1, -0.05) is 0 Å². The number of aromatic amines is 2. The van der Waals surface area contributed by atoms with Crippen molar-refractivity contribution in [3.05, 3.63) is 65.5 Å². The molecule has 0 atom stereocenters. The monoisotopic (exact) mass is 445 g/mol. The van der Waals surface area contributed by atoms with Crippen molar-refractivity contribution in [3.8, 4) is 5.75 Å². The molecule has 3 heterocycles. The molecule has 2 aromatic heterocycles. The number of nitrogens with one attached hydrogen (secondary N) is 2. The molecular weight excluding hydrogens is 414 g/mol. The average Bonchev–Trinajstić information content (AvgIpc) is 3.45. The Morgan fingerprint density at radius 2 is 1.79 bits per heavy atom. The normalized spacial score (nSPS) is 15.4. The SMILES string of the molecule is COc1ccc2[nH]cc(CCCCN3CCC(c4c[nH]c5ccc(C(=O)O)cc45)CC3)c2c1. The minimum absolute atomic E-state index is 0.356. The van der Waals surface area contributed by atoms with Gasteiger partial charge >= 0.3 is 5.97 Å². The number of H-pyrrole nitrogens is 2. The Morgan fingerprint density at radius 1 is 1.03 bits per heavy atom. The van der Waals surface area contributed by atoms with Crippen molar-refractivity contribution in [2.45, 2.75) is 38.0 Å². The summed E-state index contributed by atoms with van der Waals surface area (Å²) in [6.07, 6.45) is 9.88. The Kier molecular flexibility index (Phi) is 6.09. The molecule has 0 unspecified atom stereocenters. The zero-order valence-electron chi connectivity index (χ0n) is 19.1. The van der Waals surface area contributed by atoms with Gasteiger partial charge < -0.3 is 24.7 Å². The molecule has 4 aromatic rings. The van der Waals surface area contributed by atoms with Crippen LogP contribution in [0.3, 0.4) is 0 Å². The number of carboxylic acids is 1. The van der Waals surface area contributed by atoms with Gasteiger partial charge in [-0.2, -0.15) is 0 Å². The number of hydrogen-bond donors (Lipinski definition) is 3. The van der Waals surface area contributed by atoms with Gasteiger partial charge in [0.15, 0.2) is 0 Å². The second-order valence-electron chi connectivity index (χ2n) is 9.11. The molecule has 6 heteroatoms. The quantitative estimate of drug-likeness (QED) is 0.310. The van der Waals surface area contributed by atoms with Crippen LogP contribution < -0.4 is 4.74 Å². The largest absolute Gasteiger partial charge is 0.497 e. The number of benzene rings is 2. The maximum atomic E-state index is 11.4. The highest BCUT2D eigenvalue weighted by Gasteiger charge is 2.23. The van der Waals surface area contributed by atoms with E-state index in [1.54, 1.807) is 13.2 Å². The molecule has 1 fully saturated rings. The Morgan fingerprint density at radius 3 is 2.58 bits per heavy atom. The molecule has 1 aliphatic rings. The second-order valence-corrected chi connectivity index (χ2v) is 9.11. The zero-order chi connectivity index (χ0) is 22.8. The summed E-state index contributed by atoms with van der Waals surface area (Å²) in [5.74, 6) is 0.520. The Hall–Kier alpha value is -3.25. The molecule has 5 rings (SSSR count). The van der Waals surface area contributed by atoms with E-state index in [2.05, 4.69) is 39.4 Å². The van der Waals surface area contributed by atoms with E-state index < -0.39 is 5.97 Å². The topological polar surface area (TPSA) is 81.3 Å². The fraction of sp³-hybridized carbons (Fsp3) is 0.370. The second kappa shape index (κ2) is 9.32. The lowest BCUT2D eigenvalue weighted by atomic mass is 9.89. The van der Waals surface area contributed by atoms with Crippen LogP contribution in [0.25, 0.3) is 21.8 Å². The minimum atomic E-state index is -0.870. The Labute approximate surface area is 193 Å². The van der Waals surface area contributed by atoms with Crippen molar-refractivity contribution < 1.29 is 14.6 Å². The van der Waals surface area contributed by atoms with Crippen LogP contribution in [0.4, 0.5) is 0 Å². The molecule has 0 bridgehead atoms. The number of nitrogens with zero attached hydrogens (tertiary/aromatic N) is 1. The number of aryl methyl sites for hydroxylation is 1. The van der Waals surface area contributed by atoms with Crippen LogP contribution >= 0.6 is 0 Å². The number of ether oxygens (including phenoxy) is 1. The first-order chi connectivity index (χ1) is 16.1. The van der Waals surface area contributed by atoms with Gasteiger partial charge in [-0.05, 0) is 105 Å². The van der Waals surface area contributed by atoms with E-state index in [9.17, 15) is 9.90 Å². The molecule has 0 radical (unpaired) electrons. The fourth-order valence-corrected chi connectivity index (χ4v) is 5.22. The number of carboxylic acid groups (broad SMARTS) is 1. The number of likely N-dealkylation sites (tertiary alicyclic amines) is 1. The maximum absolute atomic E-state index is 11.4. The first-order valence-corrected chi connectivity index (χ1v) is 11.8. The molecule has 172 valence electrons. The van der Waals surface area contributed by atoms with Crippen LogP contribution in [0.2, 0.25) is 0 Å². The van der Waals surface area contributed by atoms with Crippen molar-refractivity contribution in [3.63, 3.8) is 0 Å². The van der Waals surface area contributed by atoms with Crippen molar-refractivity contribution in [1.29, 1.82) is 0 Å². The number of fused-ring (bicyclic) bond motifs is 2. The van der Waals surface area contributed by atoms with E-state index in [4.69, 9.17) is 4.74 Å². The van der Waals surface area contributed by atoms with Crippen molar-refractivity contribution in [1.82, 2.24) is 14.9 Å². The third-order valence-electron chi connectivity index (χ3n) is 7.13. The molecule has 2 aromatic carbocycles. The molecular formula is C27H31N3O3. The minimum Gasteiger partial charge on any atom is -0.497 e. The number of piperidine rings is 1. The molecule has 0 spiro atoms. The van der Waals surface area contributed by atoms with Gasteiger partial charge in [0, 0.05) is 34.2 Å². The van der Waals surface area contributed by atoms with Crippen molar-refractivity contribution >= 4 is 27.8 Å². The van der Waals surface area contributed by atoms with Gasteiger partial charge in [0.05, 0.1) is 12.7 Å². The Bertz CT molecular complexity index is 1260. The van der Waals surface area contributed by atoms with Gasteiger partial charge in [0.1, 0.15) is 5.75 Å². The van der Waals surface area contributed by atoms with Crippen LogP contribution in [-0.4, -0.2) is 52.7 Å². The summed E-state index contributed by atoms with van der Waals surface area (Å²) in [7, 11) is 1.71. The lowest BCUT2D eigenvalue weighted by Crippen LogP contribution is -2.33. The van der Waals surface area contributed by atoms with Gasteiger partial charge in [-0.15, -0.1) is 0 Å². The molecule has 0 aliphatic carbocycles. The number of aromatic carboxylic acids is 1. The third kappa shape index (κ3) is 4.48. The summed E-state index contributed by atoms with van der Waals surface area (Å²) >= 11 is 0. The lowest BCUT2D eigenvalue weighted by molar-refractivity contribution is 0.0697. The van der Waals surface area contributed by atoms with Crippen molar-refractivity contribution in [2.75, 3.05) is 26.7 Å². The molecule has 6 nitrogen and oxygen atoms in total. The van der Waals surface area contributed by atoms with Crippen LogP contribution in [-0.2, 0) is 6.42 Å². The van der Waals surface area contributed by atoms with E-state index in [0.717, 1.165) is 55.5 Å². The molecule has 3 N–H and O–H groups in total. The van der Waals surface area contributed by atoms with Gasteiger partial charge in [0.25, 0.3) is 0 Å². The summed E-state index contributed by atoms with van der Waals surface area (Å²) < 4.78 is 5.38. The summed E-state index contributed by atoms with van der Waals surface area (Å²) in [4.78, 5) is 20.6. The predicted molar refractivity (Wildman–Crippen MR) is 131 cm³/mol. The molecule has 1 aliphatic heterocycles. The highest BCUT2D eigenvalue weighted by atomic mass is 16.5. The fourth-order valence-electron chi connectivity index (χ4n) is 5.22. The summed E-state index contributed by atoms with van der Waals surface area (Å²) in [5.41, 5.74) is 5.17. The molecule has 33 heavy (non-hydrogen) atoms. The number of carbonyl (C=O) groups is 1. The van der Waals surface area contributed by atoms with Gasteiger partial charge in [-0.25, -0.2) is 4.79 Å². The number of unbranched alkanes of at least 4 members (excludes halogenated alkanes) is 1. The number of hydrogen-bond acceptors (Lipinski definition) is 3.